The van der Waals surface area contributed by atoms with Gasteiger partial charge in [0, 0.05) is 19.2 Å². The summed E-state index contributed by atoms with van der Waals surface area (Å²) in [7, 11) is -3.84. The Kier molecular flexibility index (Phi) is 8.07. The van der Waals surface area contributed by atoms with E-state index in [4.69, 9.17) is 4.74 Å². The van der Waals surface area contributed by atoms with E-state index in [1.165, 1.54) is 50.1 Å². The van der Waals surface area contributed by atoms with E-state index < -0.39 is 47.0 Å². The van der Waals surface area contributed by atoms with Gasteiger partial charge in [-0.15, -0.1) is 0 Å². The first-order valence-corrected chi connectivity index (χ1v) is 13.9. The zero-order chi connectivity index (χ0) is 27.6. The molecule has 1 saturated carbocycles. The van der Waals surface area contributed by atoms with Crippen LogP contribution in [0.5, 0.6) is 5.88 Å². The van der Waals surface area contributed by atoms with Crippen molar-refractivity contribution in [3.8, 4) is 5.88 Å². The summed E-state index contributed by atoms with van der Waals surface area (Å²) in [5, 5.41) is 10.9. The number of nitrogens with one attached hydrogen (secondary N) is 2. The molecule has 1 aliphatic heterocycles. The van der Waals surface area contributed by atoms with Gasteiger partial charge in [-0.05, 0) is 62.3 Å². The molecule has 1 spiro atoms. The van der Waals surface area contributed by atoms with Crippen LogP contribution in [0.4, 0.5) is 30.4 Å². The second-order valence-corrected chi connectivity index (χ2v) is 12.0. The van der Waals surface area contributed by atoms with Crippen LogP contribution in [0.2, 0.25) is 0 Å². The number of anilines is 3. The van der Waals surface area contributed by atoms with Gasteiger partial charge in [-0.1, -0.05) is 6.07 Å². The van der Waals surface area contributed by atoms with Gasteiger partial charge in [-0.2, -0.15) is 18.2 Å². The topological polar surface area (TPSA) is 121 Å². The summed E-state index contributed by atoms with van der Waals surface area (Å²) in [6, 6.07) is 8.98. The maximum Gasteiger partial charge on any atom is 0.392 e. The molecular formula is C25H31F3N4O5S. The van der Waals surface area contributed by atoms with Crippen LogP contribution >= 0.6 is 0 Å². The third-order valence-corrected chi connectivity index (χ3v) is 8.74. The van der Waals surface area contributed by atoms with Crippen molar-refractivity contribution < 1.29 is 36.2 Å². The third kappa shape index (κ3) is 7.07. The average molecular weight is 557 g/mol. The van der Waals surface area contributed by atoms with E-state index in [0.717, 1.165) is 12.8 Å². The van der Waals surface area contributed by atoms with Crippen molar-refractivity contribution in [3.05, 3.63) is 42.0 Å². The zero-order valence-corrected chi connectivity index (χ0v) is 21.7. The molecule has 38 heavy (non-hydrogen) atoms. The van der Waals surface area contributed by atoms with Gasteiger partial charge in [0.15, 0.2) is 0 Å². The Morgan fingerprint density at radius 3 is 2.53 bits per heavy atom. The van der Waals surface area contributed by atoms with E-state index in [9.17, 15) is 31.5 Å². The van der Waals surface area contributed by atoms with Gasteiger partial charge in [0.25, 0.3) is 5.91 Å². The minimum Gasteiger partial charge on any atom is -0.477 e. The van der Waals surface area contributed by atoms with Crippen molar-refractivity contribution in [1.82, 2.24) is 4.98 Å². The SMILES string of the molecule is CC(CO)S(=O)(=O)Nc1ccc(C(=O)Nc2cccc(OCCC(F)(F)F)n2)c(N2CCC3(CC2)CC3)c1. The van der Waals surface area contributed by atoms with Crippen molar-refractivity contribution in [2.45, 2.75) is 50.5 Å². The van der Waals surface area contributed by atoms with Crippen LogP contribution in [-0.2, 0) is 10.0 Å². The Bertz CT molecular complexity index is 1260. The summed E-state index contributed by atoms with van der Waals surface area (Å²) in [5.74, 6) is -0.465. The standard InChI is InChI=1S/C25H31F3N4O5S/c1-17(16-33)38(35,36)31-18-5-6-19(20(15-18)32-12-9-24(7-8-24)10-13-32)23(34)30-21-3-2-4-22(29-21)37-14-11-25(26,27)28/h2-6,15,17,31,33H,7-14,16H2,1H3,(H,29,30,34). The highest BCUT2D eigenvalue weighted by atomic mass is 32.2. The van der Waals surface area contributed by atoms with E-state index >= 15 is 0 Å². The van der Waals surface area contributed by atoms with E-state index in [1.807, 2.05) is 0 Å². The molecule has 1 amide bonds. The largest absolute Gasteiger partial charge is 0.477 e. The van der Waals surface area contributed by atoms with Gasteiger partial charge in [0.1, 0.15) is 11.1 Å². The number of carbonyl (C=O) groups excluding carboxylic acids is 1. The summed E-state index contributed by atoms with van der Waals surface area (Å²) < 4.78 is 69.7. The van der Waals surface area contributed by atoms with Crippen LogP contribution in [0.3, 0.4) is 0 Å². The van der Waals surface area contributed by atoms with Crippen LogP contribution in [0.15, 0.2) is 36.4 Å². The molecule has 1 atom stereocenters. The molecule has 1 aliphatic carbocycles. The fourth-order valence-electron chi connectivity index (χ4n) is 4.33. The second kappa shape index (κ2) is 11.0. The van der Waals surface area contributed by atoms with Crippen LogP contribution in [0, 0.1) is 5.41 Å². The smallest absolute Gasteiger partial charge is 0.392 e. The molecular weight excluding hydrogens is 525 g/mol. The lowest BCUT2D eigenvalue weighted by Gasteiger charge is -2.35. The van der Waals surface area contributed by atoms with Gasteiger partial charge in [0.2, 0.25) is 15.9 Å². The summed E-state index contributed by atoms with van der Waals surface area (Å²) in [5.41, 5.74) is 1.49. The molecule has 1 unspecified atom stereocenters. The summed E-state index contributed by atoms with van der Waals surface area (Å²) in [6.07, 6.45) is -1.14. The first kappa shape index (κ1) is 28.0. The van der Waals surface area contributed by atoms with Gasteiger partial charge in [-0.25, -0.2) is 8.42 Å². The highest BCUT2D eigenvalue weighted by Gasteiger charge is 2.44. The van der Waals surface area contributed by atoms with Gasteiger partial charge in [-0.3, -0.25) is 9.52 Å². The Balaban J connectivity index is 1.54. The lowest BCUT2D eigenvalue weighted by molar-refractivity contribution is -0.139. The normalized spacial score (nSPS) is 17.7. The summed E-state index contributed by atoms with van der Waals surface area (Å²) in [4.78, 5) is 19.4. The molecule has 1 aromatic heterocycles. The maximum absolute atomic E-state index is 13.3. The summed E-state index contributed by atoms with van der Waals surface area (Å²) >= 11 is 0. The number of ether oxygens (including phenoxy) is 1. The van der Waals surface area contributed by atoms with E-state index in [1.54, 1.807) is 6.07 Å². The number of piperidine rings is 1. The van der Waals surface area contributed by atoms with Crippen molar-refractivity contribution >= 4 is 33.1 Å². The molecule has 0 radical (unpaired) electrons. The number of hydrogen-bond donors (Lipinski definition) is 3. The lowest BCUT2D eigenvalue weighted by Crippen LogP contribution is -2.36. The maximum atomic E-state index is 13.3. The molecule has 0 bridgehead atoms. The van der Waals surface area contributed by atoms with E-state index in [2.05, 4.69) is 19.9 Å². The molecule has 2 fully saturated rings. The van der Waals surface area contributed by atoms with Crippen molar-refractivity contribution in [1.29, 1.82) is 0 Å². The number of halogens is 3. The lowest BCUT2D eigenvalue weighted by atomic mass is 9.93. The van der Waals surface area contributed by atoms with Crippen LogP contribution in [0.1, 0.15) is 49.4 Å². The Labute approximate surface area is 219 Å². The highest BCUT2D eigenvalue weighted by Crippen LogP contribution is 2.54. The molecule has 208 valence electrons. The van der Waals surface area contributed by atoms with Crippen LogP contribution in [0.25, 0.3) is 0 Å². The summed E-state index contributed by atoms with van der Waals surface area (Å²) in [6.45, 7) is 1.68. The predicted molar refractivity (Wildman–Crippen MR) is 137 cm³/mol. The van der Waals surface area contributed by atoms with Crippen molar-refractivity contribution in [3.63, 3.8) is 0 Å². The number of carbonyl (C=O) groups is 1. The fraction of sp³-hybridized carbons (Fsp3) is 0.520. The monoisotopic (exact) mass is 556 g/mol. The molecule has 2 heterocycles. The molecule has 4 rings (SSSR count). The number of nitrogens with zero attached hydrogens (tertiary/aromatic N) is 2. The Hall–Kier alpha value is -3.06. The fourth-order valence-corrected chi connectivity index (χ4v) is 5.18. The second-order valence-electron chi connectivity index (χ2n) is 9.89. The molecule has 1 aromatic carbocycles. The minimum absolute atomic E-state index is 0.0548. The van der Waals surface area contributed by atoms with E-state index in [-0.39, 0.29) is 17.4 Å². The van der Waals surface area contributed by atoms with Gasteiger partial charge < -0.3 is 20.1 Å². The number of amides is 1. The Morgan fingerprint density at radius 2 is 1.89 bits per heavy atom. The number of aliphatic hydroxyl groups is 1. The number of benzene rings is 1. The number of hydrogen-bond acceptors (Lipinski definition) is 7. The molecule has 3 N–H and O–H groups in total. The van der Waals surface area contributed by atoms with Crippen molar-refractivity contribution in [2.75, 3.05) is 41.2 Å². The van der Waals surface area contributed by atoms with Gasteiger partial charge >= 0.3 is 6.18 Å². The molecule has 2 aliphatic rings. The number of sulfonamides is 1. The number of pyridine rings is 1. The first-order valence-electron chi connectivity index (χ1n) is 12.4. The first-order chi connectivity index (χ1) is 17.9. The molecule has 9 nitrogen and oxygen atoms in total. The number of aromatic nitrogens is 1. The molecule has 13 heteroatoms. The quantitative estimate of drug-likeness (QED) is 0.402. The van der Waals surface area contributed by atoms with Crippen LogP contribution < -0.4 is 19.7 Å². The van der Waals surface area contributed by atoms with Gasteiger partial charge in [0.05, 0.1) is 36.6 Å². The Morgan fingerprint density at radius 1 is 1.18 bits per heavy atom. The zero-order valence-electron chi connectivity index (χ0n) is 20.9. The number of aliphatic hydroxyl groups excluding tert-OH is 1. The number of alkyl halides is 3. The third-order valence-electron chi connectivity index (χ3n) is 7.01. The highest BCUT2D eigenvalue weighted by molar-refractivity contribution is 7.93. The molecule has 2 aromatic rings. The minimum atomic E-state index is -4.35. The predicted octanol–water partition coefficient (Wildman–Crippen LogP) is 4.17. The van der Waals surface area contributed by atoms with Crippen molar-refractivity contribution in [2.24, 2.45) is 5.41 Å². The average Bonchev–Trinajstić information content (AvgIpc) is 3.61. The van der Waals surface area contributed by atoms with Crippen LogP contribution in [-0.4, -0.2) is 62.1 Å². The van der Waals surface area contributed by atoms with E-state index in [0.29, 0.717) is 29.8 Å². The number of rotatable bonds is 10. The molecule has 1 saturated heterocycles.